The van der Waals surface area contributed by atoms with Crippen LogP contribution in [0.4, 0.5) is 0 Å². The summed E-state index contributed by atoms with van der Waals surface area (Å²) in [6.07, 6.45) is 1.64. The third-order valence-electron chi connectivity index (χ3n) is 3.07. The van der Waals surface area contributed by atoms with Crippen molar-refractivity contribution in [3.8, 4) is 0 Å². The van der Waals surface area contributed by atoms with Gasteiger partial charge in [-0.25, -0.2) is 5.43 Å². The Balaban J connectivity index is 1.97. The summed E-state index contributed by atoms with van der Waals surface area (Å²) < 4.78 is 0.864. The minimum absolute atomic E-state index is 0.230. The highest BCUT2D eigenvalue weighted by atomic mass is 79.9. The Bertz CT molecular complexity index is 648. The van der Waals surface area contributed by atoms with E-state index in [9.17, 15) is 4.79 Å². The molecule has 0 bridgehead atoms. The molecule has 3 nitrogen and oxygen atoms in total. The molecule has 0 fully saturated rings. The molecule has 0 aliphatic heterocycles. The van der Waals surface area contributed by atoms with Crippen molar-refractivity contribution in [2.75, 3.05) is 0 Å². The van der Waals surface area contributed by atoms with E-state index in [1.54, 1.807) is 18.3 Å². The first-order valence-electron chi connectivity index (χ1n) is 6.75. The lowest BCUT2D eigenvalue weighted by molar-refractivity contribution is 0.0955. The molecule has 0 atom stereocenters. The molecule has 108 valence electrons. The number of hydrazone groups is 1. The number of hydrogen-bond acceptors (Lipinski definition) is 2. The number of rotatable bonds is 4. The Kier molecular flexibility index (Phi) is 5.28. The van der Waals surface area contributed by atoms with Crippen LogP contribution in [-0.2, 0) is 0 Å². The molecule has 0 heterocycles. The third-order valence-corrected chi connectivity index (χ3v) is 3.56. The number of nitrogens with zero attached hydrogens (tertiary/aromatic N) is 1. The normalized spacial score (nSPS) is 11.0. The van der Waals surface area contributed by atoms with Gasteiger partial charge in [-0.2, -0.15) is 5.10 Å². The van der Waals surface area contributed by atoms with Gasteiger partial charge in [-0.1, -0.05) is 60.1 Å². The number of hydrogen-bond donors (Lipinski definition) is 1. The van der Waals surface area contributed by atoms with E-state index >= 15 is 0 Å². The molecule has 0 aliphatic rings. The van der Waals surface area contributed by atoms with E-state index in [-0.39, 0.29) is 5.91 Å². The molecule has 0 aromatic heterocycles. The van der Waals surface area contributed by atoms with E-state index < -0.39 is 0 Å². The van der Waals surface area contributed by atoms with Gasteiger partial charge in [0.05, 0.1) is 6.21 Å². The number of carbonyl (C=O) groups is 1. The molecule has 1 amide bonds. The number of halogens is 1. The van der Waals surface area contributed by atoms with Crippen LogP contribution in [0.5, 0.6) is 0 Å². The van der Waals surface area contributed by atoms with Crippen LogP contribution in [0.25, 0.3) is 0 Å². The van der Waals surface area contributed by atoms with Gasteiger partial charge in [0.25, 0.3) is 5.91 Å². The van der Waals surface area contributed by atoms with E-state index in [1.807, 2.05) is 24.3 Å². The minimum Gasteiger partial charge on any atom is -0.267 e. The molecule has 2 rings (SSSR count). The van der Waals surface area contributed by atoms with Gasteiger partial charge in [-0.05, 0) is 35.2 Å². The summed E-state index contributed by atoms with van der Waals surface area (Å²) in [7, 11) is 0. The monoisotopic (exact) mass is 344 g/mol. The number of carbonyl (C=O) groups excluding carboxylic acids is 1. The van der Waals surface area contributed by atoms with Crippen molar-refractivity contribution in [2.45, 2.75) is 19.8 Å². The van der Waals surface area contributed by atoms with Crippen LogP contribution in [0.1, 0.15) is 41.3 Å². The van der Waals surface area contributed by atoms with Gasteiger partial charge in [-0.3, -0.25) is 4.79 Å². The zero-order valence-corrected chi connectivity index (χ0v) is 13.6. The van der Waals surface area contributed by atoms with Crippen molar-refractivity contribution in [3.63, 3.8) is 0 Å². The predicted octanol–water partition coefficient (Wildman–Crippen LogP) is 4.34. The van der Waals surface area contributed by atoms with Crippen LogP contribution < -0.4 is 5.43 Å². The van der Waals surface area contributed by atoms with Gasteiger partial charge >= 0.3 is 0 Å². The molecule has 0 radical (unpaired) electrons. The Morgan fingerprint density at radius 3 is 2.52 bits per heavy atom. The Hall–Kier alpha value is -1.94. The third kappa shape index (κ3) is 4.53. The molecular formula is C17H17BrN2O. The van der Waals surface area contributed by atoms with Crippen molar-refractivity contribution in [1.82, 2.24) is 5.43 Å². The summed E-state index contributed by atoms with van der Waals surface area (Å²) in [6, 6.07) is 15.3. The smallest absolute Gasteiger partial charge is 0.267 e. The van der Waals surface area contributed by atoms with Gasteiger partial charge in [0, 0.05) is 10.0 Å². The maximum Gasteiger partial charge on any atom is 0.271 e. The van der Waals surface area contributed by atoms with Crippen LogP contribution in [0.2, 0.25) is 0 Å². The molecule has 0 spiro atoms. The number of benzene rings is 2. The fourth-order valence-corrected chi connectivity index (χ4v) is 2.23. The van der Waals surface area contributed by atoms with Crippen molar-refractivity contribution in [2.24, 2.45) is 5.10 Å². The highest BCUT2D eigenvalue weighted by Crippen LogP contribution is 2.14. The highest BCUT2D eigenvalue weighted by Gasteiger charge is 2.03. The Labute approximate surface area is 133 Å². The van der Waals surface area contributed by atoms with Crippen LogP contribution in [0.3, 0.4) is 0 Å². The number of nitrogens with one attached hydrogen (secondary N) is 1. The molecule has 21 heavy (non-hydrogen) atoms. The minimum atomic E-state index is -0.230. The van der Waals surface area contributed by atoms with Crippen LogP contribution >= 0.6 is 15.9 Å². The Morgan fingerprint density at radius 1 is 1.19 bits per heavy atom. The first kappa shape index (κ1) is 15.4. The van der Waals surface area contributed by atoms with Gasteiger partial charge in [0.1, 0.15) is 0 Å². The average molecular weight is 345 g/mol. The predicted molar refractivity (Wildman–Crippen MR) is 89.7 cm³/mol. The van der Waals surface area contributed by atoms with Gasteiger partial charge < -0.3 is 0 Å². The lowest BCUT2D eigenvalue weighted by atomic mass is 10.0. The lowest BCUT2D eigenvalue weighted by Gasteiger charge is -2.04. The molecule has 1 N–H and O–H groups in total. The van der Waals surface area contributed by atoms with Gasteiger partial charge in [-0.15, -0.1) is 0 Å². The molecule has 0 saturated carbocycles. The molecule has 0 unspecified atom stereocenters. The van der Waals surface area contributed by atoms with E-state index in [0.717, 1.165) is 10.0 Å². The summed E-state index contributed by atoms with van der Waals surface area (Å²) in [5.74, 6) is 0.276. The summed E-state index contributed by atoms with van der Waals surface area (Å²) in [5, 5.41) is 3.98. The second-order valence-electron chi connectivity index (χ2n) is 5.03. The maximum atomic E-state index is 11.9. The highest BCUT2D eigenvalue weighted by molar-refractivity contribution is 9.10. The molecular weight excluding hydrogens is 328 g/mol. The molecule has 0 aliphatic carbocycles. The van der Waals surface area contributed by atoms with E-state index in [4.69, 9.17) is 0 Å². The largest absolute Gasteiger partial charge is 0.271 e. The quantitative estimate of drug-likeness (QED) is 0.650. The number of amides is 1. The SMILES string of the molecule is CC(C)c1ccc(C=NNC(=O)c2cccc(Br)c2)cc1. The molecule has 2 aromatic rings. The van der Waals surface area contributed by atoms with Crippen molar-refractivity contribution >= 4 is 28.1 Å². The lowest BCUT2D eigenvalue weighted by Crippen LogP contribution is -2.17. The zero-order chi connectivity index (χ0) is 15.2. The van der Waals surface area contributed by atoms with E-state index in [1.165, 1.54) is 5.56 Å². The summed E-state index contributed by atoms with van der Waals surface area (Å²) in [6.45, 7) is 4.31. The van der Waals surface area contributed by atoms with E-state index in [2.05, 4.69) is 52.4 Å². The van der Waals surface area contributed by atoms with Gasteiger partial charge in [0.2, 0.25) is 0 Å². The summed E-state index contributed by atoms with van der Waals surface area (Å²) in [4.78, 5) is 11.9. The molecule has 2 aromatic carbocycles. The summed E-state index contributed by atoms with van der Waals surface area (Å²) >= 11 is 3.34. The first-order valence-corrected chi connectivity index (χ1v) is 7.54. The maximum absolute atomic E-state index is 11.9. The van der Waals surface area contributed by atoms with Crippen LogP contribution in [0.15, 0.2) is 58.1 Å². The molecule has 4 heteroatoms. The first-order chi connectivity index (χ1) is 10.1. The van der Waals surface area contributed by atoms with Crippen LogP contribution in [-0.4, -0.2) is 12.1 Å². The fraction of sp³-hybridized carbons (Fsp3) is 0.176. The standard InChI is InChI=1S/C17H17BrN2O/c1-12(2)14-8-6-13(7-9-14)11-19-20-17(21)15-4-3-5-16(18)10-15/h3-12H,1-2H3,(H,20,21). The topological polar surface area (TPSA) is 41.5 Å². The second-order valence-corrected chi connectivity index (χ2v) is 5.95. The average Bonchev–Trinajstić information content (AvgIpc) is 2.47. The zero-order valence-electron chi connectivity index (χ0n) is 12.0. The summed E-state index contributed by atoms with van der Waals surface area (Å²) in [5.41, 5.74) is 5.32. The second kappa shape index (κ2) is 7.18. The van der Waals surface area contributed by atoms with Crippen LogP contribution in [0, 0.1) is 0 Å². The molecule has 0 saturated heterocycles. The van der Waals surface area contributed by atoms with Gasteiger partial charge in [0.15, 0.2) is 0 Å². The Morgan fingerprint density at radius 2 is 1.90 bits per heavy atom. The van der Waals surface area contributed by atoms with Crippen molar-refractivity contribution in [1.29, 1.82) is 0 Å². The van der Waals surface area contributed by atoms with Crippen molar-refractivity contribution < 1.29 is 4.79 Å². The fourth-order valence-electron chi connectivity index (χ4n) is 1.83. The van der Waals surface area contributed by atoms with Crippen molar-refractivity contribution in [3.05, 3.63) is 69.7 Å². The van der Waals surface area contributed by atoms with E-state index in [0.29, 0.717) is 11.5 Å².